The van der Waals surface area contributed by atoms with Gasteiger partial charge in [0.2, 0.25) is 5.89 Å². The first-order valence-corrected chi connectivity index (χ1v) is 8.10. The van der Waals surface area contributed by atoms with Gasteiger partial charge < -0.3 is 9.15 Å². The molecule has 4 nitrogen and oxygen atoms in total. The van der Waals surface area contributed by atoms with Crippen molar-refractivity contribution in [3.8, 4) is 17.2 Å². The molecular formula is C20H22N2O2. The van der Waals surface area contributed by atoms with Gasteiger partial charge in [-0.25, -0.2) is 4.98 Å². The molecule has 4 heteroatoms. The zero-order valence-electron chi connectivity index (χ0n) is 14.2. The number of hydrogen-bond acceptors (Lipinski definition) is 4. The van der Waals surface area contributed by atoms with Crippen LogP contribution in [0.3, 0.4) is 0 Å². The maximum atomic E-state index is 5.98. The van der Waals surface area contributed by atoms with E-state index in [9.17, 15) is 0 Å². The van der Waals surface area contributed by atoms with Gasteiger partial charge in [-0.3, -0.25) is 4.99 Å². The monoisotopic (exact) mass is 322 g/mol. The van der Waals surface area contributed by atoms with Crippen LogP contribution < -0.4 is 4.74 Å². The van der Waals surface area contributed by atoms with E-state index < -0.39 is 0 Å². The van der Waals surface area contributed by atoms with Gasteiger partial charge in [0.1, 0.15) is 11.5 Å². The van der Waals surface area contributed by atoms with Crippen LogP contribution in [0.4, 0.5) is 0 Å². The van der Waals surface area contributed by atoms with Gasteiger partial charge in [-0.15, -0.1) is 0 Å². The van der Waals surface area contributed by atoms with E-state index in [1.54, 1.807) is 13.3 Å². The highest BCUT2D eigenvalue weighted by Crippen LogP contribution is 2.32. The Bertz CT molecular complexity index is 784. The number of benzene rings is 1. The number of ether oxygens (including phenoxy) is 1. The van der Waals surface area contributed by atoms with Crippen molar-refractivity contribution in [2.75, 3.05) is 7.11 Å². The third-order valence-electron chi connectivity index (χ3n) is 4.33. The molecule has 0 radical (unpaired) electrons. The maximum absolute atomic E-state index is 5.98. The van der Waals surface area contributed by atoms with Crippen molar-refractivity contribution in [3.63, 3.8) is 0 Å². The van der Waals surface area contributed by atoms with E-state index in [1.807, 2.05) is 31.2 Å². The van der Waals surface area contributed by atoms with Crippen LogP contribution in [-0.2, 0) is 12.8 Å². The molecule has 2 aromatic rings. The number of hydrogen-bond donors (Lipinski definition) is 0. The van der Waals surface area contributed by atoms with Crippen molar-refractivity contribution < 1.29 is 9.15 Å². The average Bonchev–Trinajstić information content (AvgIpc) is 3.02. The first-order chi connectivity index (χ1) is 11.6. The van der Waals surface area contributed by atoms with Crippen molar-refractivity contribution in [1.29, 1.82) is 0 Å². The molecule has 0 fully saturated rings. The summed E-state index contributed by atoms with van der Waals surface area (Å²) in [6.07, 6.45) is 4.27. The third kappa shape index (κ3) is 3.18. The lowest BCUT2D eigenvalue weighted by molar-refractivity contribution is 0.415. The topological polar surface area (TPSA) is 47.6 Å². The summed E-state index contributed by atoms with van der Waals surface area (Å²) >= 11 is 0. The van der Waals surface area contributed by atoms with Crippen LogP contribution in [0.5, 0.6) is 5.75 Å². The summed E-state index contributed by atoms with van der Waals surface area (Å²) in [6, 6.07) is 7.76. The summed E-state index contributed by atoms with van der Waals surface area (Å²) in [5.41, 5.74) is 3.99. The molecule has 0 N–H and O–H groups in total. The van der Waals surface area contributed by atoms with E-state index in [-0.39, 0.29) is 0 Å². The number of allylic oxidation sites excluding steroid dienone is 1. The number of nitrogens with zero attached hydrogens (tertiary/aromatic N) is 2. The van der Waals surface area contributed by atoms with Crippen LogP contribution in [0.15, 0.2) is 58.6 Å². The number of rotatable bonds is 5. The fourth-order valence-electron chi connectivity index (χ4n) is 3.13. The maximum Gasteiger partial charge on any atom is 0.226 e. The molecular weight excluding hydrogens is 300 g/mol. The summed E-state index contributed by atoms with van der Waals surface area (Å²) in [5, 5.41) is 0. The Morgan fingerprint density at radius 2 is 2.12 bits per heavy atom. The summed E-state index contributed by atoms with van der Waals surface area (Å²) in [6.45, 7) is 9.74. The Morgan fingerprint density at radius 1 is 1.38 bits per heavy atom. The number of aliphatic imine (C=N–C) groups is 1. The quantitative estimate of drug-likeness (QED) is 0.755. The molecule has 1 aliphatic carbocycles. The second-order valence-electron chi connectivity index (χ2n) is 6.03. The molecule has 24 heavy (non-hydrogen) atoms. The molecule has 1 aliphatic rings. The van der Waals surface area contributed by atoms with Crippen LogP contribution in [0, 0.1) is 5.92 Å². The van der Waals surface area contributed by atoms with Crippen molar-refractivity contribution in [1.82, 2.24) is 4.98 Å². The molecule has 0 spiro atoms. The minimum absolute atomic E-state index is 0.321. The number of oxazole rings is 1. The normalized spacial score (nSPS) is 17.2. The smallest absolute Gasteiger partial charge is 0.226 e. The molecule has 0 aliphatic heterocycles. The first kappa shape index (κ1) is 16.2. The highest BCUT2D eigenvalue weighted by atomic mass is 16.5. The molecule has 0 saturated carbocycles. The predicted molar refractivity (Wildman–Crippen MR) is 96.5 cm³/mol. The van der Waals surface area contributed by atoms with E-state index in [0.29, 0.717) is 11.8 Å². The number of aryl methyl sites for hydroxylation is 1. The standard InChI is InChI=1S/C20H22N2O2/c1-5-21-19(13(2)3)15-8-11-18-17(12-15)22-20(24-18)14-6-9-16(23-4)10-7-14/h5-7,9-10,15H,1-2,8,11-12H2,3-4H3. The molecule has 0 saturated heterocycles. The molecule has 1 aromatic heterocycles. The third-order valence-corrected chi connectivity index (χ3v) is 4.33. The Labute approximate surface area is 142 Å². The number of aromatic nitrogens is 1. The molecule has 3 rings (SSSR count). The average molecular weight is 322 g/mol. The fourth-order valence-corrected chi connectivity index (χ4v) is 3.13. The Hall–Kier alpha value is -2.62. The van der Waals surface area contributed by atoms with Crippen LogP contribution in [0.1, 0.15) is 24.8 Å². The van der Waals surface area contributed by atoms with Crippen LogP contribution in [0.2, 0.25) is 0 Å². The number of methoxy groups -OCH3 is 1. The van der Waals surface area contributed by atoms with E-state index in [2.05, 4.69) is 18.2 Å². The second-order valence-corrected chi connectivity index (χ2v) is 6.03. The molecule has 0 amide bonds. The Morgan fingerprint density at radius 3 is 2.75 bits per heavy atom. The minimum atomic E-state index is 0.321. The minimum Gasteiger partial charge on any atom is -0.497 e. The summed E-state index contributed by atoms with van der Waals surface area (Å²) in [4.78, 5) is 9.12. The highest BCUT2D eigenvalue weighted by molar-refractivity contribution is 6.01. The van der Waals surface area contributed by atoms with Crippen molar-refractivity contribution in [2.45, 2.75) is 26.2 Å². The predicted octanol–water partition coefficient (Wildman–Crippen LogP) is 4.62. The van der Waals surface area contributed by atoms with Gasteiger partial charge in [0, 0.05) is 36.2 Å². The van der Waals surface area contributed by atoms with Gasteiger partial charge in [-0.2, -0.15) is 0 Å². The van der Waals surface area contributed by atoms with E-state index in [0.717, 1.165) is 53.3 Å². The molecule has 1 atom stereocenters. The van der Waals surface area contributed by atoms with Gasteiger partial charge >= 0.3 is 0 Å². The van der Waals surface area contributed by atoms with E-state index in [4.69, 9.17) is 14.1 Å². The van der Waals surface area contributed by atoms with Gasteiger partial charge in [0.15, 0.2) is 0 Å². The Balaban J connectivity index is 1.85. The molecule has 0 bridgehead atoms. The SMILES string of the molecule is C=CN=C(C(=C)C)C1CCc2oc(-c3ccc(OC)cc3)nc2C1. The van der Waals surface area contributed by atoms with Gasteiger partial charge in [0.05, 0.1) is 12.8 Å². The zero-order chi connectivity index (χ0) is 17.1. The largest absolute Gasteiger partial charge is 0.497 e. The van der Waals surface area contributed by atoms with Crippen molar-refractivity contribution in [3.05, 3.63) is 60.7 Å². The van der Waals surface area contributed by atoms with Gasteiger partial charge in [0.25, 0.3) is 0 Å². The lowest BCUT2D eigenvalue weighted by Crippen LogP contribution is -2.23. The molecule has 1 aromatic carbocycles. The van der Waals surface area contributed by atoms with Gasteiger partial charge in [-0.05, 0) is 43.2 Å². The molecule has 1 heterocycles. The highest BCUT2D eigenvalue weighted by Gasteiger charge is 2.27. The zero-order valence-corrected chi connectivity index (χ0v) is 14.2. The van der Waals surface area contributed by atoms with Crippen molar-refractivity contribution >= 4 is 5.71 Å². The number of fused-ring (bicyclic) bond motifs is 1. The van der Waals surface area contributed by atoms with Gasteiger partial charge in [-0.1, -0.05) is 13.2 Å². The summed E-state index contributed by atoms with van der Waals surface area (Å²) in [7, 11) is 1.66. The van der Waals surface area contributed by atoms with Crippen LogP contribution in [0.25, 0.3) is 11.5 Å². The fraction of sp³-hybridized carbons (Fsp3) is 0.300. The van der Waals surface area contributed by atoms with Crippen molar-refractivity contribution in [2.24, 2.45) is 10.9 Å². The lowest BCUT2D eigenvalue weighted by Gasteiger charge is -2.22. The van der Waals surface area contributed by atoms with E-state index >= 15 is 0 Å². The van der Waals surface area contributed by atoms with Crippen LogP contribution >= 0.6 is 0 Å². The van der Waals surface area contributed by atoms with E-state index in [1.165, 1.54) is 0 Å². The molecule has 124 valence electrons. The lowest BCUT2D eigenvalue weighted by atomic mass is 9.84. The van der Waals surface area contributed by atoms with Crippen LogP contribution in [-0.4, -0.2) is 17.8 Å². The first-order valence-electron chi connectivity index (χ1n) is 8.10. The Kier molecular flexibility index (Phi) is 4.65. The second kappa shape index (κ2) is 6.87. The molecule has 1 unspecified atom stereocenters. The summed E-state index contributed by atoms with van der Waals surface area (Å²) < 4.78 is 11.2. The summed E-state index contributed by atoms with van der Waals surface area (Å²) in [5.74, 6) is 2.79.